The van der Waals surface area contributed by atoms with Crippen LogP contribution < -0.4 is 0 Å². The van der Waals surface area contributed by atoms with Gasteiger partial charge >= 0.3 is 0 Å². The van der Waals surface area contributed by atoms with Crippen LogP contribution in [0.25, 0.3) is 0 Å². The molecule has 0 saturated carbocycles. The van der Waals surface area contributed by atoms with Crippen LogP contribution in [-0.2, 0) is 4.79 Å². The van der Waals surface area contributed by atoms with Gasteiger partial charge in [-0.05, 0) is 17.5 Å². The van der Waals surface area contributed by atoms with Gasteiger partial charge in [-0.15, -0.1) is 0 Å². The van der Waals surface area contributed by atoms with E-state index < -0.39 is 11.6 Å². The Morgan fingerprint density at radius 3 is 2.67 bits per heavy atom. The van der Waals surface area contributed by atoms with E-state index in [9.17, 15) is 13.6 Å². The quantitative estimate of drug-likeness (QED) is 0.717. The number of aldehydes is 1. The van der Waals surface area contributed by atoms with Crippen molar-refractivity contribution in [3.05, 3.63) is 34.9 Å². The first-order valence-corrected chi connectivity index (χ1v) is 4.42. The van der Waals surface area contributed by atoms with Crippen molar-refractivity contribution in [1.29, 1.82) is 5.26 Å². The number of nitrogens with zero attached hydrogens (tertiary/aromatic N) is 1. The normalized spacial score (nSPS) is 11.9. The molecule has 2 nitrogen and oxygen atoms in total. The lowest BCUT2D eigenvalue weighted by molar-refractivity contribution is -0.108. The van der Waals surface area contributed by atoms with E-state index in [0.717, 1.165) is 6.07 Å². The van der Waals surface area contributed by atoms with E-state index in [0.29, 0.717) is 12.4 Å². The molecular formula is C11H9F2NO. The summed E-state index contributed by atoms with van der Waals surface area (Å²) in [5.41, 5.74) is -0.0100. The van der Waals surface area contributed by atoms with Crippen molar-refractivity contribution in [3.8, 4) is 6.07 Å². The maximum absolute atomic E-state index is 13.3. The Morgan fingerprint density at radius 1 is 1.47 bits per heavy atom. The van der Waals surface area contributed by atoms with Gasteiger partial charge in [0, 0.05) is 12.5 Å². The van der Waals surface area contributed by atoms with Crippen LogP contribution in [0.5, 0.6) is 0 Å². The standard InChI is InChI=1S/C11H9F2NO/c1-7(2-3-15)9-4-8(6-14)10(12)5-11(9)13/h3-5,7H,2H2,1H3. The summed E-state index contributed by atoms with van der Waals surface area (Å²) in [7, 11) is 0. The predicted molar refractivity (Wildman–Crippen MR) is 50.2 cm³/mol. The van der Waals surface area contributed by atoms with Crippen molar-refractivity contribution >= 4 is 6.29 Å². The maximum Gasteiger partial charge on any atom is 0.143 e. The summed E-state index contributed by atoms with van der Waals surface area (Å²) in [4.78, 5) is 10.3. The van der Waals surface area contributed by atoms with Gasteiger partial charge in [-0.3, -0.25) is 0 Å². The SMILES string of the molecule is CC(CC=O)c1cc(C#N)c(F)cc1F. The van der Waals surface area contributed by atoms with Crippen molar-refractivity contribution in [2.45, 2.75) is 19.3 Å². The maximum atomic E-state index is 13.3. The van der Waals surface area contributed by atoms with Crippen LogP contribution in [0.15, 0.2) is 12.1 Å². The minimum absolute atomic E-state index is 0.146. The molecule has 15 heavy (non-hydrogen) atoms. The zero-order chi connectivity index (χ0) is 11.4. The highest BCUT2D eigenvalue weighted by atomic mass is 19.1. The molecule has 4 heteroatoms. The second-order valence-corrected chi connectivity index (χ2v) is 3.27. The number of carbonyl (C=O) groups excluding carboxylic acids is 1. The fourth-order valence-electron chi connectivity index (χ4n) is 1.30. The van der Waals surface area contributed by atoms with Crippen molar-refractivity contribution in [3.63, 3.8) is 0 Å². The van der Waals surface area contributed by atoms with Crippen molar-refractivity contribution in [1.82, 2.24) is 0 Å². The highest BCUT2D eigenvalue weighted by Crippen LogP contribution is 2.23. The molecule has 0 spiro atoms. The number of carbonyl (C=O) groups is 1. The van der Waals surface area contributed by atoms with Crippen LogP contribution in [0.1, 0.15) is 30.4 Å². The van der Waals surface area contributed by atoms with E-state index >= 15 is 0 Å². The molecule has 1 aromatic carbocycles. The molecule has 0 radical (unpaired) electrons. The molecule has 0 aliphatic carbocycles. The minimum Gasteiger partial charge on any atom is -0.303 e. The van der Waals surface area contributed by atoms with E-state index in [1.807, 2.05) is 0 Å². The first kappa shape index (κ1) is 11.3. The van der Waals surface area contributed by atoms with Gasteiger partial charge in [-0.25, -0.2) is 8.78 Å². The van der Waals surface area contributed by atoms with E-state index in [1.165, 1.54) is 0 Å². The summed E-state index contributed by atoms with van der Waals surface area (Å²) >= 11 is 0. The molecule has 0 N–H and O–H groups in total. The van der Waals surface area contributed by atoms with Crippen LogP contribution in [-0.4, -0.2) is 6.29 Å². The number of halogens is 2. The highest BCUT2D eigenvalue weighted by molar-refractivity contribution is 5.52. The molecule has 1 rings (SSSR count). The Balaban J connectivity index is 3.19. The summed E-state index contributed by atoms with van der Waals surface area (Å²) < 4.78 is 26.2. The van der Waals surface area contributed by atoms with Crippen LogP contribution in [0, 0.1) is 23.0 Å². The van der Waals surface area contributed by atoms with Gasteiger partial charge in [-0.1, -0.05) is 6.92 Å². The molecular weight excluding hydrogens is 200 g/mol. The zero-order valence-electron chi connectivity index (χ0n) is 8.13. The third kappa shape index (κ3) is 2.38. The third-order valence-electron chi connectivity index (χ3n) is 2.19. The van der Waals surface area contributed by atoms with Crippen LogP contribution >= 0.6 is 0 Å². The molecule has 1 atom stereocenters. The van der Waals surface area contributed by atoms with Gasteiger partial charge in [0.2, 0.25) is 0 Å². The number of rotatable bonds is 3. The Hall–Kier alpha value is -1.76. The number of benzene rings is 1. The molecule has 0 aromatic heterocycles. The summed E-state index contributed by atoms with van der Waals surface area (Å²) in [6.45, 7) is 1.64. The van der Waals surface area contributed by atoms with Crippen LogP contribution in [0.3, 0.4) is 0 Å². The Morgan fingerprint density at radius 2 is 2.13 bits per heavy atom. The fourth-order valence-corrected chi connectivity index (χ4v) is 1.30. The summed E-state index contributed by atoms with van der Waals surface area (Å²) in [6, 6.07) is 3.46. The van der Waals surface area contributed by atoms with Crippen molar-refractivity contribution < 1.29 is 13.6 Å². The molecule has 0 bridgehead atoms. The zero-order valence-corrected chi connectivity index (χ0v) is 8.13. The Kier molecular flexibility index (Phi) is 3.51. The van der Waals surface area contributed by atoms with Crippen LogP contribution in [0.4, 0.5) is 8.78 Å². The fraction of sp³-hybridized carbons (Fsp3) is 0.273. The number of hydrogen-bond donors (Lipinski definition) is 0. The lowest BCUT2D eigenvalue weighted by atomic mass is 9.96. The molecule has 0 saturated heterocycles. The molecule has 0 aliphatic rings. The van der Waals surface area contributed by atoms with E-state index in [1.54, 1.807) is 13.0 Å². The third-order valence-corrected chi connectivity index (χ3v) is 2.19. The summed E-state index contributed by atoms with van der Waals surface area (Å²) in [5.74, 6) is -1.95. The Labute approximate surface area is 86.1 Å². The van der Waals surface area contributed by atoms with E-state index in [4.69, 9.17) is 5.26 Å². The predicted octanol–water partition coefficient (Wildman–Crippen LogP) is 2.53. The summed E-state index contributed by atoms with van der Waals surface area (Å²) in [5, 5.41) is 8.56. The van der Waals surface area contributed by atoms with E-state index in [-0.39, 0.29) is 23.5 Å². The van der Waals surface area contributed by atoms with Gasteiger partial charge in [0.15, 0.2) is 0 Å². The molecule has 0 aliphatic heterocycles. The number of nitriles is 1. The lowest BCUT2D eigenvalue weighted by Crippen LogP contribution is -2.00. The average molecular weight is 209 g/mol. The summed E-state index contributed by atoms with van der Waals surface area (Å²) in [6.07, 6.45) is 0.812. The van der Waals surface area contributed by atoms with Crippen molar-refractivity contribution in [2.75, 3.05) is 0 Å². The van der Waals surface area contributed by atoms with Crippen molar-refractivity contribution in [2.24, 2.45) is 0 Å². The lowest BCUT2D eigenvalue weighted by Gasteiger charge is -2.10. The van der Waals surface area contributed by atoms with Gasteiger partial charge in [0.25, 0.3) is 0 Å². The molecule has 1 aromatic rings. The van der Waals surface area contributed by atoms with Gasteiger partial charge < -0.3 is 4.79 Å². The largest absolute Gasteiger partial charge is 0.303 e. The van der Waals surface area contributed by atoms with E-state index in [2.05, 4.69) is 0 Å². The topological polar surface area (TPSA) is 40.9 Å². The first-order chi connectivity index (χ1) is 7.10. The molecule has 1 unspecified atom stereocenters. The van der Waals surface area contributed by atoms with Crippen LogP contribution in [0.2, 0.25) is 0 Å². The second-order valence-electron chi connectivity index (χ2n) is 3.27. The minimum atomic E-state index is -0.878. The number of hydrogen-bond acceptors (Lipinski definition) is 2. The molecule has 0 fully saturated rings. The molecule has 78 valence electrons. The smallest absolute Gasteiger partial charge is 0.143 e. The average Bonchev–Trinajstić information content (AvgIpc) is 2.18. The Bertz CT molecular complexity index is 423. The van der Waals surface area contributed by atoms with Gasteiger partial charge in [0.05, 0.1) is 5.56 Å². The van der Waals surface area contributed by atoms with Gasteiger partial charge in [-0.2, -0.15) is 5.26 Å². The van der Waals surface area contributed by atoms with Gasteiger partial charge in [0.1, 0.15) is 24.0 Å². The monoisotopic (exact) mass is 209 g/mol. The second kappa shape index (κ2) is 4.65. The molecule has 0 amide bonds. The first-order valence-electron chi connectivity index (χ1n) is 4.42. The highest BCUT2D eigenvalue weighted by Gasteiger charge is 2.14. The molecule has 0 heterocycles.